The summed E-state index contributed by atoms with van der Waals surface area (Å²) in [5.74, 6) is 0. The summed E-state index contributed by atoms with van der Waals surface area (Å²) >= 11 is 0. The van der Waals surface area contributed by atoms with Crippen LogP contribution in [0, 0.1) is 0 Å². The van der Waals surface area contributed by atoms with E-state index < -0.39 is 8.07 Å². The van der Waals surface area contributed by atoms with Crippen LogP contribution in [0.2, 0.25) is 13.1 Å². The minimum Gasteiger partial charge on any atom is -0.447 e. The molecule has 0 N–H and O–H groups in total. The van der Waals surface area contributed by atoms with Crippen LogP contribution >= 0.6 is 0 Å². The number of hydrogen-bond acceptors (Lipinski definition) is 2. The zero-order valence-electron chi connectivity index (χ0n) is 13.5. The van der Waals surface area contributed by atoms with Gasteiger partial charge in [-0.15, -0.1) is 0 Å². The average molecular weight is 323 g/mol. The fourth-order valence-electron chi connectivity index (χ4n) is 2.90. The van der Waals surface area contributed by atoms with Gasteiger partial charge in [-0.05, 0) is 10.8 Å². The van der Waals surface area contributed by atoms with Gasteiger partial charge in [0, 0.05) is 6.20 Å². The van der Waals surface area contributed by atoms with Gasteiger partial charge in [-0.2, -0.15) is 0 Å². The molecule has 0 bridgehead atoms. The van der Waals surface area contributed by atoms with Crippen molar-refractivity contribution in [2.75, 3.05) is 13.2 Å². The molecule has 1 heterocycles. The molecule has 0 spiro atoms. The lowest BCUT2D eigenvalue weighted by atomic mass is 10.2. The first-order valence-corrected chi connectivity index (χ1v) is 10.9. The summed E-state index contributed by atoms with van der Waals surface area (Å²) in [6.45, 7) is 5.73. The van der Waals surface area contributed by atoms with E-state index in [1.807, 2.05) is 30.5 Å². The maximum Gasteiger partial charge on any atom is 0.413 e. The lowest BCUT2D eigenvalue weighted by molar-refractivity contribution is 0.166. The normalized spacial score (nSPS) is 15.7. The van der Waals surface area contributed by atoms with E-state index in [9.17, 15) is 4.79 Å². The molecule has 1 amide bonds. The maximum atomic E-state index is 11.9. The highest BCUT2D eigenvalue weighted by Crippen LogP contribution is 2.27. The van der Waals surface area contributed by atoms with Gasteiger partial charge in [-0.3, -0.25) is 4.90 Å². The van der Waals surface area contributed by atoms with Crippen LogP contribution in [0.25, 0.3) is 5.20 Å². The van der Waals surface area contributed by atoms with Crippen molar-refractivity contribution in [2.45, 2.75) is 13.1 Å². The summed E-state index contributed by atoms with van der Waals surface area (Å²) in [5.41, 5.74) is 1.17. The molecule has 1 saturated heterocycles. The maximum absolute atomic E-state index is 11.9. The van der Waals surface area contributed by atoms with Crippen LogP contribution in [0.3, 0.4) is 0 Å². The number of ether oxygens (including phenoxy) is 1. The highest BCUT2D eigenvalue weighted by molar-refractivity contribution is 7.04. The van der Waals surface area contributed by atoms with Gasteiger partial charge in [-0.25, -0.2) is 4.79 Å². The molecule has 2 aromatic carbocycles. The van der Waals surface area contributed by atoms with Gasteiger partial charge in [0.05, 0.1) is 6.54 Å². The van der Waals surface area contributed by atoms with E-state index in [-0.39, 0.29) is 6.09 Å². The van der Waals surface area contributed by atoms with Crippen molar-refractivity contribution >= 4 is 24.6 Å². The Morgan fingerprint density at radius 1 is 1.04 bits per heavy atom. The van der Waals surface area contributed by atoms with E-state index in [0.29, 0.717) is 13.2 Å². The number of amides is 1. The smallest absolute Gasteiger partial charge is 0.413 e. The Morgan fingerprint density at radius 2 is 1.65 bits per heavy atom. The first-order chi connectivity index (χ1) is 11.1. The van der Waals surface area contributed by atoms with Crippen molar-refractivity contribution in [3.05, 3.63) is 72.4 Å². The zero-order chi connectivity index (χ0) is 16.3. The third-order valence-electron chi connectivity index (χ3n) is 4.33. The summed E-state index contributed by atoms with van der Waals surface area (Å²) < 4.78 is 5.08. The molecule has 2 aromatic rings. The topological polar surface area (TPSA) is 29.5 Å². The Bertz CT molecular complexity index is 711. The van der Waals surface area contributed by atoms with E-state index >= 15 is 0 Å². The van der Waals surface area contributed by atoms with Crippen molar-refractivity contribution in [2.24, 2.45) is 0 Å². The van der Waals surface area contributed by atoms with Gasteiger partial charge in [0.2, 0.25) is 0 Å². The molecule has 0 radical (unpaired) electrons. The van der Waals surface area contributed by atoms with Crippen LogP contribution in [0.1, 0.15) is 5.56 Å². The summed E-state index contributed by atoms with van der Waals surface area (Å²) in [6.07, 6.45) is 1.75. The van der Waals surface area contributed by atoms with Crippen molar-refractivity contribution in [3.63, 3.8) is 0 Å². The van der Waals surface area contributed by atoms with Gasteiger partial charge < -0.3 is 4.74 Å². The van der Waals surface area contributed by atoms with E-state index in [2.05, 4.69) is 49.5 Å². The molecule has 1 aliphatic rings. The Labute approximate surface area is 138 Å². The largest absolute Gasteiger partial charge is 0.447 e. The Morgan fingerprint density at radius 3 is 2.22 bits per heavy atom. The van der Waals surface area contributed by atoms with Crippen LogP contribution < -0.4 is 5.19 Å². The van der Waals surface area contributed by atoms with Gasteiger partial charge in [0.1, 0.15) is 14.7 Å². The van der Waals surface area contributed by atoms with Gasteiger partial charge in [0.25, 0.3) is 0 Å². The van der Waals surface area contributed by atoms with Crippen LogP contribution in [0.4, 0.5) is 4.79 Å². The summed E-state index contributed by atoms with van der Waals surface area (Å²) in [4.78, 5) is 13.6. The first-order valence-electron chi connectivity index (χ1n) is 7.85. The molecule has 1 aliphatic heterocycles. The molecule has 3 rings (SSSR count). The first kappa shape index (κ1) is 15.6. The second kappa shape index (κ2) is 6.42. The lowest BCUT2D eigenvalue weighted by Crippen LogP contribution is -2.43. The monoisotopic (exact) mass is 323 g/mol. The second-order valence-corrected chi connectivity index (χ2v) is 10.6. The van der Waals surface area contributed by atoms with Gasteiger partial charge in [-0.1, -0.05) is 78.9 Å². The predicted octanol–water partition coefficient (Wildman–Crippen LogP) is 3.63. The van der Waals surface area contributed by atoms with Gasteiger partial charge in [0.15, 0.2) is 0 Å². The van der Waals surface area contributed by atoms with Crippen molar-refractivity contribution in [1.82, 2.24) is 4.90 Å². The standard InChI is InChI=1S/C19H21NO2Si/c1-23(2,17-11-7-4-8-12-17)18(16-9-5-3-6-10-16)15-20-13-14-22-19(20)21/h3-12,15H,13-14H2,1-2H3/b18-15+. The Balaban J connectivity index is 2.08. The number of nitrogens with zero attached hydrogens (tertiary/aromatic N) is 1. The summed E-state index contributed by atoms with van der Waals surface area (Å²) in [7, 11) is -1.94. The molecule has 23 heavy (non-hydrogen) atoms. The minimum atomic E-state index is -1.94. The molecular weight excluding hydrogens is 302 g/mol. The molecule has 118 valence electrons. The van der Waals surface area contributed by atoms with Crippen molar-refractivity contribution in [3.8, 4) is 0 Å². The molecule has 0 unspecified atom stereocenters. The lowest BCUT2D eigenvalue weighted by Gasteiger charge is -2.28. The van der Waals surface area contributed by atoms with Crippen LogP contribution in [-0.2, 0) is 4.74 Å². The third-order valence-corrected chi connectivity index (χ3v) is 7.87. The number of benzene rings is 2. The van der Waals surface area contributed by atoms with Crippen LogP contribution in [-0.4, -0.2) is 32.2 Å². The molecule has 0 aromatic heterocycles. The van der Waals surface area contributed by atoms with Crippen LogP contribution in [0.15, 0.2) is 66.9 Å². The summed E-state index contributed by atoms with van der Waals surface area (Å²) in [6, 6.07) is 20.9. The SMILES string of the molecule is C[Si](C)(/C(=C/N1CCOC1=O)c1ccccc1)c1ccccc1. The second-order valence-electron chi connectivity index (χ2n) is 6.21. The highest BCUT2D eigenvalue weighted by atomic mass is 28.3. The fraction of sp³-hybridized carbons (Fsp3) is 0.211. The molecule has 1 fully saturated rings. The Kier molecular flexibility index (Phi) is 4.34. The van der Waals surface area contributed by atoms with E-state index in [0.717, 1.165) is 0 Å². The van der Waals surface area contributed by atoms with E-state index in [1.54, 1.807) is 4.90 Å². The number of hydrogen-bond donors (Lipinski definition) is 0. The van der Waals surface area contributed by atoms with E-state index in [4.69, 9.17) is 4.74 Å². The van der Waals surface area contributed by atoms with Crippen molar-refractivity contribution in [1.29, 1.82) is 0 Å². The minimum absolute atomic E-state index is 0.253. The number of cyclic esters (lactones) is 1. The van der Waals surface area contributed by atoms with E-state index in [1.165, 1.54) is 15.9 Å². The average Bonchev–Trinajstić information content (AvgIpc) is 2.99. The van der Waals surface area contributed by atoms with Crippen LogP contribution in [0.5, 0.6) is 0 Å². The van der Waals surface area contributed by atoms with Gasteiger partial charge >= 0.3 is 6.09 Å². The third kappa shape index (κ3) is 3.22. The molecule has 4 heteroatoms. The quantitative estimate of drug-likeness (QED) is 0.804. The predicted molar refractivity (Wildman–Crippen MR) is 96.0 cm³/mol. The molecule has 3 nitrogen and oxygen atoms in total. The molecule has 0 aliphatic carbocycles. The molecule has 0 saturated carbocycles. The highest BCUT2D eigenvalue weighted by Gasteiger charge is 2.31. The molecular formula is C19H21NO2Si. The number of carbonyl (C=O) groups is 1. The Hall–Kier alpha value is -2.33. The summed E-state index contributed by atoms with van der Waals surface area (Å²) in [5, 5.41) is 2.59. The zero-order valence-corrected chi connectivity index (χ0v) is 14.5. The van der Waals surface area contributed by atoms with Crippen molar-refractivity contribution < 1.29 is 9.53 Å². The number of rotatable bonds is 4. The molecule has 0 atom stereocenters. The fourth-order valence-corrected chi connectivity index (χ4v) is 5.61. The number of carbonyl (C=O) groups excluding carboxylic acids is 1.